The highest BCUT2D eigenvalue weighted by Crippen LogP contribution is 2.24. The van der Waals surface area contributed by atoms with Gasteiger partial charge in [0.2, 0.25) is 5.76 Å². The number of carbonyl (C=O) groups is 1. The van der Waals surface area contributed by atoms with Crippen molar-refractivity contribution in [2.75, 3.05) is 0 Å². The van der Waals surface area contributed by atoms with Crippen molar-refractivity contribution < 1.29 is 13.9 Å². The number of furan rings is 1. The van der Waals surface area contributed by atoms with Gasteiger partial charge >= 0.3 is 5.97 Å². The Morgan fingerprint density at radius 3 is 2.57 bits per heavy atom. The molecule has 0 radical (unpaired) electrons. The fourth-order valence-corrected chi connectivity index (χ4v) is 0.984. The highest BCUT2D eigenvalue weighted by molar-refractivity contribution is 5.86. The van der Waals surface area contributed by atoms with Crippen LogP contribution in [0.4, 0.5) is 0 Å². The van der Waals surface area contributed by atoms with Gasteiger partial charge in [-0.2, -0.15) is 0 Å². The zero-order valence-electron chi connectivity index (χ0n) is 8.66. The predicted octanol–water partition coefficient (Wildman–Crippen LogP) is 2.88. The summed E-state index contributed by atoms with van der Waals surface area (Å²) in [5.74, 6) is 0.443. The van der Waals surface area contributed by atoms with Crippen LogP contribution in [0, 0.1) is 0 Å². The van der Waals surface area contributed by atoms with E-state index in [2.05, 4.69) is 11.3 Å². The van der Waals surface area contributed by atoms with Gasteiger partial charge in [0, 0.05) is 5.41 Å². The Balaban J connectivity index is 2.88. The molecule has 0 aromatic carbocycles. The maximum atomic E-state index is 11.2. The lowest BCUT2D eigenvalue weighted by Gasteiger charge is -2.13. The molecular formula is C11H14O3. The first-order chi connectivity index (χ1) is 6.45. The van der Waals surface area contributed by atoms with Crippen molar-refractivity contribution in [1.29, 1.82) is 0 Å². The fraction of sp³-hybridized carbons (Fsp3) is 0.364. The molecule has 0 unspecified atom stereocenters. The van der Waals surface area contributed by atoms with Gasteiger partial charge in [0.05, 0.1) is 6.26 Å². The van der Waals surface area contributed by atoms with Gasteiger partial charge in [-0.3, -0.25) is 0 Å². The van der Waals surface area contributed by atoms with E-state index in [1.54, 1.807) is 12.1 Å². The van der Waals surface area contributed by atoms with Crippen LogP contribution in [-0.4, -0.2) is 5.97 Å². The van der Waals surface area contributed by atoms with E-state index in [9.17, 15) is 4.79 Å². The molecule has 0 bridgehead atoms. The molecule has 0 N–H and O–H groups in total. The molecule has 0 fully saturated rings. The van der Waals surface area contributed by atoms with E-state index in [1.165, 1.54) is 0 Å². The van der Waals surface area contributed by atoms with Crippen LogP contribution >= 0.6 is 0 Å². The van der Waals surface area contributed by atoms with Crippen molar-refractivity contribution in [3.05, 3.63) is 36.5 Å². The third-order valence-corrected chi connectivity index (χ3v) is 1.74. The number of carbonyl (C=O) groups excluding carboxylic acids is 1. The molecular weight excluding hydrogens is 180 g/mol. The summed E-state index contributed by atoms with van der Waals surface area (Å²) in [5.41, 5.74) is -0.104. The lowest BCUT2D eigenvalue weighted by atomic mass is 9.94. The molecule has 0 aliphatic rings. The van der Waals surface area contributed by atoms with Crippen molar-refractivity contribution in [2.45, 2.75) is 26.2 Å². The summed E-state index contributed by atoms with van der Waals surface area (Å²) >= 11 is 0. The first-order valence-electron chi connectivity index (χ1n) is 4.37. The molecule has 0 aliphatic carbocycles. The maximum Gasteiger partial charge on any atom is 0.379 e. The standard InChI is InChI=1S/C11H14O3/c1-5-13-10(12)8-6-7-9(14-8)11(2,3)4/h5-7H,1H2,2-4H3. The molecule has 0 saturated heterocycles. The van der Waals surface area contributed by atoms with Gasteiger partial charge in [-0.25, -0.2) is 4.79 Å². The Morgan fingerprint density at radius 1 is 1.50 bits per heavy atom. The first-order valence-corrected chi connectivity index (χ1v) is 4.37. The highest BCUT2D eigenvalue weighted by Gasteiger charge is 2.20. The molecule has 0 saturated carbocycles. The zero-order valence-corrected chi connectivity index (χ0v) is 8.66. The molecule has 0 spiro atoms. The smallest absolute Gasteiger partial charge is 0.379 e. The third-order valence-electron chi connectivity index (χ3n) is 1.74. The van der Waals surface area contributed by atoms with Gasteiger partial charge in [0.1, 0.15) is 5.76 Å². The van der Waals surface area contributed by atoms with Crippen LogP contribution in [0.25, 0.3) is 0 Å². The molecule has 1 aromatic heterocycles. The van der Waals surface area contributed by atoms with E-state index >= 15 is 0 Å². The van der Waals surface area contributed by atoms with E-state index < -0.39 is 5.97 Å². The van der Waals surface area contributed by atoms with Crippen LogP contribution in [0.1, 0.15) is 37.1 Å². The molecule has 14 heavy (non-hydrogen) atoms. The minimum atomic E-state index is -0.518. The Hall–Kier alpha value is -1.51. The average molecular weight is 194 g/mol. The summed E-state index contributed by atoms with van der Waals surface area (Å²) in [4.78, 5) is 11.2. The average Bonchev–Trinajstić information content (AvgIpc) is 2.51. The summed E-state index contributed by atoms with van der Waals surface area (Å²) in [6, 6.07) is 3.38. The number of ether oxygens (including phenoxy) is 1. The monoisotopic (exact) mass is 194 g/mol. The van der Waals surface area contributed by atoms with Crippen LogP contribution in [0.5, 0.6) is 0 Å². The van der Waals surface area contributed by atoms with Gasteiger partial charge < -0.3 is 9.15 Å². The number of esters is 1. The molecule has 1 aromatic rings. The third kappa shape index (κ3) is 2.25. The summed E-state index contributed by atoms with van der Waals surface area (Å²) in [6.07, 6.45) is 1.08. The Labute approximate surface area is 83.4 Å². The van der Waals surface area contributed by atoms with E-state index in [1.807, 2.05) is 20.8 Å². The lowest BCUT2D eigenvalue weighted by molar-refractivity contribution is 0.0625. The topological polar surface area (TPSA) is 39.4 Å². The minimum Gasteiger partial charge on any atom is -0.453 e. The van der Waals surface area contributed by atoms with Crippen LogP contribution < -0.4 is 0 Å². The van der Waals surface area contributed by atoms with Gasteiger partial charge in [-0.05, 0) is 12.1 Å². The Bertz CT molecular complexity index is 342. The van der Waals surface area contributed by atoms with Gasteiger partial charge in [-0.1, -0.05) is 27.4 Å². The number of hydrogen-bond acceptors (Lipinski definition) is 3. The second kappa shape index (κ2) is 3.70. The summed E-state index contributed by atoms with van der Waals surface area (Å²) < 4.78 is 9.93. The quantitative estimate of drug-likeness (QED) is 0.536. The summed E-state index contributed by atoms with van der Waals surface area (Å²) in [5, 5.41) is 0. The van der Waals surface area contributed by atoms with Crippen molar-refractivity contribution in [3.63, 3.8) is 0 Å². The molecule has 0 atom stereocenters. The van der Waals surface area contributed by atoms with Crippen molar-refractivity contribution in [2.24, 2.45) is 0 Å². The summed E-state index contributed by atoms with van der Waals surface area (Å²) in [6.45, 7) is 9.32. The van der Waals surface area contributed by atoms with Crippen LogP contribution in [0.3, 0.4) is 0 Å². The van der Waals surface area contributed by atoms with Gasteiger partial charge in [0.15, 0.2) is 0 Å². The molecule has 3 heteroatoms. The SMILES string of the molecule is C=COC(=O)c1ccc(C(C)(C)C)o1. The summed E-state index contributed by atoms with van der Waals surface area (Å²) in [7, 11) is 0. The number of hydrogen-bond donors (Lipinski definition) is 0. The van der Waals surface area contributed by atoms with Crippen LogP contribution in [0.2, 0.25) is 0 Å². The van der Waals surface area contributed by atoms with Crippen molar-refractivity contribution in [3.8, 4) is 0 Å². The normalized spacial score (nSPS) is 11.1. The second-order valence-electron chi connectivity index (χ2n) is 3.99. The highest BCUT2D eigenvalue weighted by atomic mass is 16.5. The van der Waals surface area contributed by atoms with E-state index in [4.69, 9.17) is 4.42 Å². The Kier molecular flexibility index (Phi) is 2.79. The van der Waals surface area contributed by atoms with E-state index in [-0.39, 0.29) is 11.2 Å². The van der Waals surface area contributed by atoms with Crippen LogP contribution in [0.15, 0.2) is 29.4 Å². The molecule has 0 amide bonds. The molecule has 1 heterocycles. The molecule has 0 aliphatic heterocycles. The molecule has 76 valence electrons. The van der Waals surface area contributed by atoms with Crippen molar-refractivity contribution in [1.82, 2.24) is 0 Å². The molecule has 1 rings (SSSR count). The van der Waals surface area contributed by atoms with E-state index in [0.29, 0.717) is 0 Å². The Morgan fingerprint density at radius 2 is 2.14 bits per heavy atom. The minimum absolute atomic E-state index is 0.104. The van der Waals surface area contributed by atoms with Gasteiger partial charge in [-0.15, -0.1) is 0 Å². The maximum absolute atomic E-state index is 11.2. The predicted molar refractivity (Wildman–Crippen MR) is 53.0 cm³/mol. The van der Waals surface area contributed by atoms with Crippen molar-refractivity contribution >= 4 is 5.97 Å². The molecule has 3 nitrogen and oxygen atoms in total. The lowest BCUT2D eigenvalue weighted by Crippen LogP contribution is -2.09. The second-order valence-corrected chi connectivity index (χ2v) is 3.99. The van der Waals surface area contributed by atoms with Crippen LogP contribution in [-0.2, 0) is 10.2 Å². The fourth-order valence-electron chi connectivity index (χ4n) is 0.984. The first kappa shape index (κ1) is 10.6. The zero-order chi connectivity index (χ0) is 10.8. The number of rotatable bonds is 2. The largest absolute Gasteiger partial charge is 0.453 e. The van der Waals surface area contributed by atoms with Gasteiger partial charge in [0.25, 0.3) is 0 Å². The van der Waals surface area contributed by atoms with E-state index in [0.717, 1.165) is 12.0 Å².